The molecule has 7 heteroatoms. The molecule has 1 amide bonds. The van der Waals surface area contributed by atoms with Crippen LogP contribution in [0.15, 0.2) is 53.7 Å². The maximum absolute atomic E-state index is 12.5. The molecular formula is C23H26N4O2S. The van der Waals surface area contributed by atoms with E-state index in [1.165, 1.54) is 11.8 Å². The summed E-state index contributed by atoms with van der Waals surface area (Å²) in [6.07, 6.45) is 2.14. The third-order valence-electron chi connectivity index (χ3n) is 4.89. The van der Waals surface area contributed by atoms with E-state index in [1.807, 2.05) is 54.8 Å². The second-order valence-corrected chi connectivity index (χ2v) is 8.79. The van der Waals surface area contributed by atoms with E-state index in [0.717, 1.165) is 41.2 Å². The van der Waals surface area contributed by atoms with Gasteiger partial charge in [-0.15, -0.1) is 10.2 Å². The van der Waals surface area contributed by atoms with Gasteiger partial charge in [-0.1, -0.05) is 35.5 Å². The van der Waals surface area contributed by atoms with Gasteiger partial charge in [0.25, 0.3) is 0 Å². The van der Waals surface area contributed by atoms with E-state index in [-0.39, 0.29) is 11.2 Å². The van der Waals surface area contributed by atoms with Crippen molar-refractivity contribution in [3.8, 4) is 22.8 Å². The van der Waals surface area contributed by atoms with E-state index in [1.54, 1.807) is 0 Å². The van der Waals surface area contributed by atoms with Crippen LogP contribution in [0.5, 0.6) is 5.75 Å². The summed E-state index contributed by atoms with van der Waals surface area (Å²) in [6, 6.07) is 16.4. The van der Waals surface area contributed by atoms with Gasteiger partial charge in [0.1, 0.15) is 5.75 Å². The summed E-state index contributed by atoms with van der Waals surface area (Å²) < 4.78 is 7.59. The van der Waals surface area contributed by atoms with Crippen molar-refractivity contribution < 1.29 is 9.53 Å². The molecule has 2 aromatic carbocycles. The zero-order valence-corrected chi connectivity index (χ0v) is 18.3. The highest BCUT2D eigenvalue weighted by Gasteiger charge is 2.27. The smallest absolute Gasteiger partial charge is 0.233 e. The largest absolute Gasteiger partial charge is 0.494 e. The van der Waals surface area contributed by atoms with Crippen LogP contribution >= 0.6 is 11.8 Å². The van der Waals surface area contributed by atoms with Crippen molar-refractivity contribution in [1.29, 1.82) is 0 Å². The quantitative estimate of drug-likeness (QED) is 0.545. The predicted molar refractivity (Wildman–Crippen MR) is 119 cm³/mol. The predicted octanol–water partition coefficient (Wildman–Crippen LogP) is 4.40. The van der Waals surface area contributed by atoms with Crippen LogP contribution in [0.2, 0.25) is 0 Å². The number of aromatic nitrogens is 3. The van der Waals surface area contributed by atoms with Gasteiger partial charge < -0.3 is 10.1 Å². The molecule has 0 bridgehead atoms. The number of ether oxygens (including phenoxy) is 1. The number of hydrogen-bond donors (Lipinski definition) is 1. The SMILES string of the molecule is CCOc1ccc(-n2c(SC(C)C(=O)NC3CC3)nnc2-c2cccc(C)c2)cc1. The van der Waals surface area contributed by atoms with Crippen LogP contribution in [0.25, 0.3) is 17.1 Å². The lowest BCUT2D eigenvalue weighted by molar-refractivity contribution is -0.120. The Hall–Kier alpha value is -2.80. The summed E-state index contributed by atoms with van der Waals surface area (Å²) in [5, 5.41) is 12.4. The summed E-state index contributed by atoms with van der Waals surface area (Å²) in [5.74, 6) is 1.61. The lowest BCUT2D eigenvalue weighted by atomic mass is 10.1. The van der Waals surface area contributed by atoms with Crippen LogP contribution in [0.4, 0.5) is 0 Å². The van der Waals surface area contributed by atoms with Gasteiger partial charge in [0.05, 0.1) is 11.9 Å². The first-order valence-corrected chi connectivity index (χ1v) is 11.2. The maximum Gasteiger partial charge on any atom is 0.233 e. The zero-order chi connectivity index (χ0) is 21.1. The van der Waals surface area contributed by atoms with Gasteiger partial charge in [0.2, 0.25) is 5.91 Å². The van der Waals surface area contributed by atoms with Gasteiger partial charge in [-0.25, -0.2) is 0 Å². The van der Waals surface area contributed by atoms with E-state index in [9.17, 15) is 4.79 Å². The first-order chi connectivity index (χ1) is 14.5. The Morgan fingerprint density at radius 1 is 1.23 bits per heavy atom. The number of nitrogens with zero attached hydrogens (tertiary/aromatic N) is 3. The number of rotatable bonds is 8. The first-order valence-electron chi connectivity index (χ1n) is 10.3. The van der Waals surface area contributed by atoms with Crippen LogP contribution in [-0.2, 0) is 4.79 Å². The number of carbonyl (C=O) groups excluding carboxylic acids is 1. The second-order valence-electron chi connectivity index (χ2n) is 7.48. The van der Waals surface area contributed by atoms with Gasteiger partial charge >= 0.3 is 0 Å². The highest BCUT2D eigenvalue weighted by molar-refractivity contribution is 8.00. The first kappa shape index (κ1) is 20.5. The van der Waals surface area contributed by atoms with Crippen molar-refractivity contribution in [2.45, 2.75) is 50.1 Å². The fourth-order valence-electron chi connectivity index (χ4n) is 3.17. The van der Waals surface area contributed by atoms with E-state index in [2.05, 4.69) is 34.6 Å². The minimum Gasteiger partial charge on any atom is -0.494 e. The second kappa shape index (κ2) is 8.92. The van der Waals surface area contributed by atoms with Crippen molar-refractivity contribution in [1.82, 2.24) is 20.1 Å². The third-order valence-corrected chi connectivity index (χ3v) is 5.93. The summed E-state index contributed by atoms with van der Waals surface area (Å²) in [5.41, 5.74) is 3.07. The Morgan fingerprint density at radius 2 is 2.00 bits per heavy atom. The van der Waals surface area contributed by atoms with Gasteiger partial charge in [-0.05, 0) is 63.9 Å². The number of aryl methyl sites for hydroxylation is 1. The fourth-order valence-corrected chi connectivity index (χ4v) is 4.04. The summed E-state index contributed by atoms with van der Waals surface area (Å²) in [7, 11) is 0. The molecule has 1 aliphatic carbocycles. The highest BCUT2D eigenvalue weighted by Crippen LogP contribution is 2.31. The average Bonchev–Trinajstić information content (AvgIpc) is 3.46. The van der Waals surface area contributed by atoms with Crippen LogP contribution in [-0.4, -0.2) is 38.6 Å². The lowest BCUT2D eigenvalue weighted by Gasteiger charge is -2.14. The van der Waals surface area contributed by atoms with Crippen LogP contribution in [0, 0.1) is 6.92 Å². The number of nitrogens with one attached hydrogen (secondary N) is 1. The standard InChI is InChI=1S/C23H26N4O2S/c1-4-29-20-12-10-19(11-13-20)27-21(17-7-5-6-15(2)14-17)25-26-23(27)30-16(3)22(28)24-18-8-9-18/h5-7,10-14,16,18H,4,8-9H2,1-3H3,(H,24,28). The minimum atomic E-state index is -0.262. The average molecular weight is 423 g/mol. The molecule has 6 nitrogen and oxygen atoms in total. The van der Waals surface area contributed by atoms with E-state index < -0.39 is 0 Å². The minimum absolute atomic E-state index is 0.0425. The molecule has 3 aromatic rings. The molecule has 0 radical (unpaired) electrons. The summed E-state index contributed by atoms with van der Waals surface area (Å²) in [6.45, 7) is 6.55. The fraction of sp³-hybridized carbons (Fsp3) is 0.348. The Labute approximate surface area is 181 Å². The Bertz CT molecular complexity index is 1030. The van der Waals surface area contributed by atoms with Gasteiger partial charge in [0.15, 0.2) is 11.0 Å². The van der Waals surface area contributed by atoms with Crippen molar-refractivity contribution >= 4 is 17.7 Å². The van der Waals surface area contributed by atoms with Crippen molar-refractivity contribution in [2.24, 2.45) is 0 Å². The topological polar surface area (TPSA) is 69.0 Å². The van der Waals surface area contributed by atoms with Crippen LogP contribution < -0.4 is 10.1 Å². The van der Waals surface area contributed by atoms with Crippen LogP contribution in [0.3, 0.4) is 0 Å². The molecule has 0 spiro atoms. The monoisotopic (exact) mass is 422 g/mol. The number of benzene rings is 2. The molecule has 1 N–H and O–H groups in total. The van der Waals surface area contributed by atoms with E-state index >= 15 is 0 Å². The third kappa shape index (κ3) is 4.67. The van der Waals surface area contributed by atoms with Gasteiger partial charge in [-0.3, -0.25) is 9.36 Å². The molecule has 4 rings (SSSR count). The Kier molecular flexibility index (Phi) is 6.08. The van der Waals surface area contributed by atoms with Crippen molar-refractivity contribution in [2.75, 3.05) is 6.61 Å². The van der Waals surface area contributed by atoms with Crippen LogP contribution in [0.1, 0.15) is 32.3 Å². The Morgan fingerprint density at radius 3 is 2.67 bits per heavy atom. The van der Waals surface area contributed by atoms with Crippen molar-refractivity contribution in [3.63, 3.8) is 0 Å². The molecule has 1 aliphatic rings. The molecule has 1 saturated carbocycles. The number of amides is 1. The van der Waals surface area contributed by atoms with Crippen molar-refractivity contribution in [3.05, 3.63) is 54.1 Å². The number of carbonyl (C=O) groups is 1. The normalized spacial score (nSPS) is 14.4. The zero-order valence-electron chi connectivity index (χ0n) is 17.5. The summed E-state index contributed by atoms with van der Waals surface area (Å²) in [4.78, 5) is 12.5. The molecule has 0 aliphatic heterocycles. The molecular weight excluding hydrogens is 396 g/mol. The van der Waals surface area contributed by atoms with Gasteiger partial charge in [-0.2, -0.15) is 0 Å². The van der Waals surface area contributed by atoms with Gasteiger partial charge in [0, 0.05) is 17.3 Å². The molecule has 30 heavy (non-hydrogen) atoms. The maximum atomic E-state index is 12.5. The molecule has 1 fully saturated rings. The summed E-state index contributed by atoms with van der Waals surface area (Å²) >= 11 is 1.42. The highest BCUT2D eigenvalue weighted by atomic mass is 32.2. The lowest BCUT2D eigenvalue weighted by Crippen LogP contribution is -2.32. The molecule has 1 unspecified atom stereocenters. The molecule has 1 heterocycles. The molecule has 0 saturated heterocycles. The Balaban J connectivity index is 1.69. The van der Waals surface area contributed by atoms with E-state index in [4.69, 9.17) is 4.74 Å². The van der Waals surface area contributed by atoms with E-state index in [0.29, 0.717) is 17.8 Å². The number of thioether (sulfide) groups is 1. The molecule has 1 atom stereocenters. The number of hydrogen-bond acceptors (Lipinski definition) is 5. The molecule has 1 aromatic heterocycles. The molecule has 156 valence electrons.